The summed E-state index contributed by atoms with van der Waals surface area (Å²) in [7, 11) is 1.70. The summed E-state index contributed by atoms with van der Waals surface area (Å²) in [5, 5.41) is 3.33. The van der Waals surface area contributed by atoms with Crippen LogP contribution >= 0.6 is 12.4 Å². The highest BCUT2D eigenvalue weighted by Gasteiger charge is 2.26. The van der Waals surface area contributed by atoms with Crippen molar-refractivity contribution in [2.45, 2.75) is 37.7 Å². The van der Waals surface area contributed by atoms with Gasteiger partial charge in [0.15, 0.2) is 0 Å². The highest BCUT2D eigenvalue weighted by molar-refractivity contribution is 5.94. The Morgan fingerprint density at radius 1 is 1.21 bits per heavy atom. The molecule has 2 aliphatic rings. The summed E-state index contributed by atoms with van der Waals surface area (Å²) in [6, 6.07) is 5.06. The Hall–Kier alpha value is -1.17. The summed E-state index contributed by atoms with van der Waals surface area (Å²) in [4.78, 5) is 14.4. The van der Waals surface area contributed by atoms with E-state index < -0.39 is 5.82 Å². The zero-order chi connectivity index (χ0) is 16.2. The van der Waals surface area contributed by atoms with Gasteiger partial charge in [-0.2, -0.15) is 0 Å². The molecule has 2 saturated heterocycles. The fourth-order valence-electron chi connectivity index (χ4n) is 3.58. The van der Waals surface area contributed by atoms with E-state index in [9.17, 15) is 9.18 Å². The molecule has 4 nitrogen and oxygen atoms in total. The number of carbonyl (C=O) groups is 1. The van der Waals surface area contributed by atoms with Crippen LogP contribution < -0.4 is 5.32 Å². The van der Waals surface area contributed by atoms with Gasteiger partial charge in [0.2, 0.25) is 0 Å². The molecule has 2 heterocycles. The summed E-state index contributed by atoms with van der Waals surface area (Å²) in [5.41, 5.74) is 1.31. The molecule has 0 bridgehead atoms. The molecule has 0 aromatic heterocycles. The molecule has 0 radical (unpaired) electrons. The molecule has 3 rings (SSSR count). The lowest BCUT2D eigenvalue weighted by molar-refractivity contribution is 0.0348. The highest BCUT2D eigenvalue weighted by Crippen LogP contribution is 2.27. The lowest BCUT2D eigenvalue weighted by Gasteiger charge is -2.31. The van der Waals surface area contributed by atoms with Gasteiger partial charge in [0, 0.05) is 20.2 Å². The summed E-state index contributed by atoms with van der Waals surface area (Å²) in [6.07, 6.45) is 3.93. The van der Waals surface area contributed by atoms with Crippen LogP contribution in [0.2, 0.25) is 0 Å². The first-order chi connectivity index (χ1) is 11.2. The van der Waals surface area contributed by atoms with Gasteiger partial charge < -0.3 is 15.0 Å². The fourth-order valence-corrected chi connectivity index (χ4v) is 3.58. The van der Waals surface area contributed by atoms with Gasteiger partial charge in [0.05, 0.1) is 11.7 Å². The zero-order valence-corrected chi connectivity index (χ0v) is 14.9. The molecule has 0 spiro atoms. The van der Waals surface area contributed by atoms with Crippen LogP contribution in [0.15, 0.2) is 18.2 Å². The van der Waals surface area contributed by atoms with E-state index in [2.05, 4.69) is 5.32 Å². The number of nitrogens with one attached hydrogen (secondary N) is 1. The molecule has 1 aromatic carbocycles. The largest absolute Gasteiger partial charge is 0.381 e. The molecule has 2 fully saturated rings. The Balaban J connectivity index is 0.00000208. The van der Waals surface area contributed by atoms with E-state index in [1.807, 2.05) is 6.07 Å². The van der Waals surface area contributed by atoms with Crippen molar-refractivity contribution >= 4 is 18.3 Å². The third-order valence-corrected chi connectivity index (χ3v) is 5.09. The van der Waals surface area contributed by atoms with Crippen molar-refractivity contribution in [3.05, 3.63) is 35.1 Å². The van der Waals surface area contributed by atoms with Gasteiger partial charge in [0.25, 0.3) is 5.91 Å². The van der Waals surface area contributed by atoms with Gasteiger partial charge in [-0.15, -0.1) is 12.4 Å². The van der Waals surface area contributed by atoms with Gasteiger partial charge >= 0.3 is 0 Å². The van der Waals surface area contributed by atoms with Crippen LogP contribution in [0.4, 0.5) is 4.39 Å². The van der Waals surface area contributed by atoms with Crippen molar-refractivity contribution in [3.8, 4) is 0 Å². The molecule has 0 unspecified atom stereocenters. The van der Waals surface area contributed by atoms with E-state index in [-0.39, 0.29) is 30.0 Å². The minimum Gasteiger partial charge on any atom is -0.381 e. The Morgan fingerprint density at radius 3 is 2.50 bits per heavy atom. The average Bonchev–Trinajstić information content (AvgIpc) is 2.62. The van der Waals surface area contributed by atoms with E-state index in [1.165, 1.54) is 6.07 Å². The van der Waals surface area contributed by atoms with Gasteiger partial charge in [-0.05, 0) is 62.4 Å². The number of benzene rings is 1. The number of nitrogens with zero attached hydrogens (tertiary/aromatic N) is 1. The van der Waals surface area contributed by atoms with Gasteiger partial charge in [0.1, 0.15) is 5.82 Å². The zero-order valence-electron chi connectivity index (χ0n) is 14.1. The summed E-state index contributed by atoms with van der Waals surface area (Å²) >= 11 is 0. The summed E-state index contributed by atoms with van der Waals surface area (Å²) < 4.78 is 19.5. The quantitative estimate of drug-likeness (QED) is 0.905. The van der Waals surface area contributed by atoms with Crippen molar-refractivity contribution in [3.63, 3.8) is 0 Å². The van der Waals surface area contributed by atoms with Crippen molar-refractivity contribution in [2.24, 2.45) is 0 Å². The van der Waals surface area contributed by atoms with Crippen LogP contribution in [0.3, 0.4) is 0 Å². The van der Waals surface area contributed by atoms with E-state index >= 15 is 0 Å². The normalized spacial score (nSPS) is 19.8. The second-order valence-electron chi connectivity index (χ2n) is 6.49. The van der Waals surface area contributed by atoms with E-state index in [0.29, 0.717) is 19.0 Å². The van der Waals surface area contributed by atoms with Crippen molar-refractivity contribution < 1.29 is 13.9 Å². The van der Waals surface area contributed by atoms with Crippen LogP contribution in [-0.2, 0) is 4.74 Å². The lowest BCUT2D eigenvalue weighted by atomic mass is 9.89. The second-order valence-corrected chi connectivity index (χ2v) is 6.49. The van der Waals surface area contributed by atoms with Crippen LogP contribution in [0.25, 0.3) is 0 Å². The van der Waals surface area contributed by atoms with Crippen LogP contribution in [0.1, 0.15) is 47.5 Å². The van der Waals surface area contributed by atoms with E-state index in [1.54, 1.807) is 18.1 Å². The maximum atomic E-state index is 14.2. The van der Waals surface area contributed by atoms with E-state index in [0.717, 1.165) is 44.3 Å². The number of halogens is 2. The van der Waals surface area contributed by atoms with Crippen LogP contribution in [0, 0.1) is 5.82 Å². The first kappa shape index (κ1) is 19.2. The SMILES string of the molecule is COC1CCN(C(=O)c2cc(C3CCNCC3)ccc2F)CC1.Cl. The Morgan fingerprint density at radius 2 is 1.88 bits per heavy atom. The molecule has 2 aliphatic heterocycles. The second kappa shape index (κ2) is 8.79. The molecular weight excluding hydrogens is 331 g/mol. The van der Waals surface area contributed by atoms with Crippen LogP contribution in [0.5, 0.6) is 0 Å². The molecule has 134 valence electrons. The molecule has 0 saturated carbocycles. The Labute approximate surface area is 149 Å². The minimum absolute atomic E-state index is 0. The molecule has 1 amide bonds. The van der Waals surface area contributed by atoms with Crippen molar-refractivity contribution in [1.29, 1.82) is 0 Å². The summed E-state index contributed by atoms with van der Waals surface area (Å²) in [6.45, 7) is 3.23. The maximum Gasteiger partial charge on any atom is 0.256 e. The number of likely N-dealkylation sites (tertiary alicyclic amines) is 1. The molecular formula is C18H26ClFN2O2. The summed E-state index contributed by atoms with van der Waals surface area (Å²) in [5.74, 6) is -0.183. The number of ether oxygens (including phenoxy) is 1. The van der Waals surface area contributed by atoms with E-state index in [4.69, 9.17) is 4.74 Å². The minimum atomic E-state index is -0.415. The lowest BCUT2D eigenvalue weighted by Crippen LogP contribution is -2.41. The topological polar surface area (TPSA) is 41.6 Å². The first-order valence-electron chi connectivity index (χ1n) is 8.51. The van der Waals surface area contributed by atoms with Crippen molar-refractivity contribution in [2.75, 3.05) is 33.3 Å². The maximum absolute atomic E-state index is 14.2. The van der Waals surface area contributed by atoms with Crippen LogP contribution in [-0.4, -0.2) is 50.2 Å². The van der Waals surface area contributed by atoms with Gasteiger partial charge in [-0.3, -0.25) is 4.79 Å². The molecule has 24 heavy (non-hydrogen) atoms. The predicted octanol–water partition coefficient (Wildman–Crippen LogP) is 2.97. The number of rotatable bonds is 3. The molecule has 1 N–H and O–H groups in total. The molecule has 0 aliphatic carbocycles. The number of piperidine rings is 2. The highest BCUT2D eigenvalue weighted by atomic mass is 35.5. The number of methoxy groups -OCH3 is 1. The third kappa shape index (κ3) is 4.26. The molecule has 6 heteroatoms. The number of amides is 1. The van der Waals surface area contributed by atoms with Gasteiger partial charge in [-0.1, -0.05) is 6.07 Å². The number of hydrogen-bond donors (Lipinski definition) is 1. The Bertz CT molecular complexity index is 556. The monoisotopic (exact) mass is 356 g/mol. The number of hydrogen-bond acceptors (Lipinski definition) is 3. The average molecular weight is 357 g/mol. The smallest absolute Gasteiger partial charge is 0.256 e. The number of carbonyl (C=O) groups excluding carboxylic acids is 1. The predicted molar refractivity (Wildman–Crippen MR) is 94.4 cm³/mol. The van der Waals surface area contributed by atoms with Gasteiger partial charge in [-0.25, -0.2) is 4.39 Å². The third-order valence-electron chi connectivity index (χ3n) is 5.09. The Kier molecular flexibility index (Phi) is 7.02. The molecule has 1 aromatic rings. The fraction of sp³-hybridized carbons (Fsp3) is 0.611. The first-order valence-corrected chi connectivity index (χ1v) is 8.51. The standard InChI is InChI=1S/C18H25FN2O2.ClH/c1-23-15-6-10-21(11-7-15)18(22)16-12-14(2-3-17(16)19)13-4-8-20-9-5-13;/h2-3,12-13,15,20H,4-11H2,1H3;1H. The molecule has 0 atom stereocenters. The van der Waals surface area contributed by atoms with Crippen molar-refractivity contribution in [1.82, 2.24) is 10.2 Å².